The molecule has 124 valence electrons. The van der Waals surface area contributed by atoms with Crippen molar-refractivity contribution in [3.05, 3.63) is 50.9 Å². The molecule has 0 spiro atoms. The maximum Gasteiger partial charge on any atom is 0.253 e. The van der Waals surface area contributed by atoms with Crippen molar-refractivity contribution in [2.24, 2.45) is 5.92 Å². The normalized spacial score (nSPS) is 21.2. The van der Waals surface area contributed by atoms with Crippen molar-refractivity contribution in [2.45, 2.75) is 38.6 Å². The summed E-state index contributed by atoms with van der Waals surface area (Å²) in [6, 6.07) is 8.15. The molecular formula is C19H21N3O2. The van der Waals surface area contributed by atoms with Crippen LogP contribution < -0.4 is 21.5 Å². The Morgan fingerprint density at radius 1 is 1.00 bits per heavy atom. The van der Waals surface area contributed by atoms with Gasteiger partial charge in [0.05, 0.1) is 5.69 Å². The fraction of sp³-hybridized carbons (Fsp3) is 0.368. The summed E-state index contributed by atoms with van der Waals surface area (Å²) in [5.41, 5.74) is 1.81. The minimum atomic E-state index is -0.438. The Balaban J connectivity index is 1.57. The van der Waals surface area contributed by atoms with Gasteiger partial charge >= 0.3 is 0 Å². The molecule has 2 aromatic carbocycles. The largest absolute Gasteiger partial charge is 0.377 e. The third-order valence-corrected chi connectivity index (χ3v) is 5.12. The molecule has 0 saturated heterocycles. The van der Waals surface area contributed by atoms with Gasteiger partial charge in [-0.15, -0.1) is 0 Å². The molecule has 0 bridgehead atoms. The summed E-state index contributed by atoms with van der Waals surface area (Å²) in [6.45, 7) is 2.26. The molecule has 1 aliphatic rings. The summed E-state index contributed by atoms with van der Waals surface area (Å²) in [6.07, 6.45) is 6.25. The van der Waals surface area contributed by atoms with Crippen molar-refractivity contribution in [1.29, 1.82) is 0 Å². The van der Waals surface area contributed by atoms with E-state index in [0.29, 0.717) is 11.4 Å². The highest BCUT2D eigenvalue weighted by Crippen LogP contribution is 2.30. The van der Waals surface area contributed by atoms with Crippen molar-refractivity contribution < 1.29 is 0 Å². The molecule has 1 saturated carbocycles. The smallest absolute Gasteiger partial charge is 0.253 e. The summed E-state index contributed by atoms with van der Waals surface area (Å²) in [5, 5.41) is 7.45. The van der Waals surface area contributed by atoms with Gasteiger partial charge in [0.1, 0.15) is 11.4 Å². The highest BCUT2D eigenvalue weighted by Gasteiger charge is 2.26. The lowest BCUT2D eigenvalue weighted by Gasteiger charge is -2.28. The van der Waals surface area contributed by atoms with Crippen LogP contribution in [0.2, 0.25) is 0 Å². The zero-order valence-electron chi connectivity index (χ0n) is 13.7. The van der Waals surface area contributed by atoms with Crippen LogP contribution in [0.3, 0.4) is 0 Å². The van der Waals surface area contributed by atoms with E-state index in [9.17, 15) is 9.59 Å². The number of anilines is 3. The molecule has 0 amide bonds. The van der Waals surface area contributed by atoms with E-state index < -0.39 is 10.9 Å². The number of benzene rings is 1. The van der Waals surface area contributed by atoms with Gasteiger partial charge in [0.2, 0.25) is 0 Å². The van der Waals surface area contributed by atoms with E-state index >= 15 is 0 Å². The Morgan fingerprint density at radius 3 is 2.50 bits per heavy atom. The second kappa shape index (κ2) is 5.82. The summed E-state index contributed by atoms with van der Waals surface area (Å²) in [5.74, 6) is 0.750. The number of aromatic amines is 1. The van der Waals surface area contributed by atoms with Crippen molar-refractivity contribution in [3.8, 4) is 0 Å². The zero-order chi connectivity index (χ0) is 16.7. The highest BCUT2D eigenvalue weighted by atomic mass is 16.2. The Labute approximate surface area is 139 Å². The van der Waals surface area contributed by atoms with E-state index in [1.165, 1.54) is 0 Å². The molecule has 1 aromatic heterocycles. The summed E-state index contributed by atoms with van der Waals surface area (Å²) < 4.78 is 0. The molecule has 5 nitrogen and oxygen atoms in total. The van der Waals surface area contributed by atoms with Crippen molar-refractivity contribution >= 4 is 28.0 Å². The van der Waals surface area contributed by atoms with E-state index in [0.717, 1.165) is 48.2 Å². The molecule has 0 atom stereocenters. The van der Waals surface area contributed by atoms with Gasteiger partial charge in [0, 0.05) is 23.1 Å². The number of hydrogen-bond donors (Lipinski definition) is 3. The molecule has 5 heteroatoms. The van der Waals surface area contributed by atoms with E-state index in [2.05, 4.69) is 22.5 Å². The fourth-order valence-electron chi connectivity index (χ4n) is 3.57. The van der Waals surface area contributed by atoms with E-state index in [-0.39, 0.29) is 6.04 Å². The zero-order valence-corrected chi connectivity index (χ0v) is 13.7. The van der Waals surface area contributed by atoms with Crippen molar-refractivity contribution in [3.63, 3.8) is 0 Å². The molecule has 0 radical (unpaired) electrons. The van der Waals surface area contributed by atoms with Crippen LogP contribution in [0.25, 0.3) is 10.9 Å². The standard InChI is InChI=1S/C19H21N3O2/c1-11-6-8-12(9-7-11)21-16-17(19(24)18(16)23)22-15-10-20-14-5-3-2-4-13(14)15/h2-5,10-12,20-22H,6-9H2,1H3. The van der Waals surface area contributed by atoms with Crippen LogP contribution in [-0.2, 0) is 0 Å². The number of hydrogen-bond acceptors (Lipinski definition) is 4. The van der Waals surface area contributed by atoms with Gasteiger partial charge in [-0.2, -0.15) is 0 Å². The molecule has 3 aromatic rings. The monoisotopic (exact) mass is 323 g/mol. The van der Waals surface area contributed by atoms with Crippen molar-refractivity contribution in [1.82, 2.24) is 4.98 Å². The summed E-state index contributed by atoms with van der Waals surface area (Å²) >= 11 is 0. The van der Waals surface area contributed by atoms with Gasteiger partial charge in [-0.25, -0.2) is 0 Å². The third kappa shape index (κ3) is 2.50. The second-order valence-corrected chi connectivity index (χ2v) is 6.88. The number of aromatic nitrogens is 1. The lowest BCUT2D eigenvalue weighted by molar-refractivity contribution is 0.361. The number of H-pyrrole nitrogens is 1. The maximum atomic E-state index is 12.0. The second-order valence-electron chi connectivity index (χ2n) is 6.88. The Kier molecular flexibility index (Phi) is 3.63. The van der Waals surface area contributed by atoms with Gasteiger partial charge in [0.25, 0.3) is 10.9 Å². The Morgan fingerprint density at radius 2 is 1.71 bits per heavy atom. The first kappa shape index (κ1) is 15.0. The van der Waals surface area contributed by atoms with E-state index in [4.69, 9.17) is 0 Å². The minimum absolute atomic E-state index is 0.285. The van der Waals surface area contributed by atoms with E-state index in [1.807, 2.05) is 30.5 Å². The first-order chi connectivity index (χ1) is 11.6. The molecule has 24 heavy (non-hydrogen) atoms. The quantitative estimate of drug-likeness (QED) is 0.643. The van der Waals surface area contributed by atoms with E-state index in [1.54, 1.807) is 0 Å². The minimum Gasteiger partial charge on any atom is -0.377 e. The third-order valence-electron chi connectivity index (χ3n) is 5.12. The summed E-state index contributed by atoms with van der Waals surface area (Å²) in [7, 11) is 0. The highest BCUT2D eigenvalue weighted by molar-refractivity contribution is 5.95. The predicted octanol–water partition coefficient (Wildman–Crippen LogP) is 3.50. The Bertz CT molecular complexity index is 941. The van der Waals surface area contributed by atoms with Crippen LogP contribution in [0, 0.1) is 5.92 Å². The first-order valence-electron chi connectivity index (χ1n) is 8.56. The van der Waals surface area contributed by atoms with Crippen LogP contribution in [0.1, 0.15) is 32.6 Å². The molecule has 1 heterocycles. The lowest BCUT2D eigenvalue weighted by Crippen LogP contribution is -2.39. The molecule has 0 aliphatic heterocycles. The van der Waals surface area contributed by atoms with Gasteiger partial charge in [-0.1, -0.05) is 25.1 Å². The lowest BCUT2D eigenvalue weighted by atomic mass is 9.87. The average Bonchev–Trinajstić information content (AvgIpc) is 3.02. The number of rotatable bonds is 4. The van der Waals surface area contributed by atoms with Gasteiger partial charge in [-0.05, 0) is 37.7 Å². The van der Waals surface area contributed by atoms with Gasteiger partial charge in [0.15, 0.2) is 0 Å². The van der Waals surface area contributed by atoms with Crippen LogP contribution >= 0.6 is 0 Å². The molecule has 0 unspecified atom stereocenters. The van der Waals surface area contributed by atoms with Crippen LogP contribution in [0.4, 0.5) is 17.1 Å². The number of fused-ring (bicyclic) bond motifs is 1. The summed E-state index contributed by atoms with van der Waals surface area (Å²) in [4.78, 5) is 27.2. The molecule has 3 N–H and O–H groups in total. The number of nitrogens with one attached hydrogen (secondary N) is 3. The molecule has 1 aliphatic carbocycles. The molecule has 4 rings (SSSR count). The number of para-hydroxylation sites is 1. The fourth-order valence-corrected chi connectivity index (χ4v) is 3.57. The Hall–Kier alpha value is -2.56. The average molecular weight is 323 g/mol. The van der Waals surface area contributed by atoms with Gasteiger partial charge < -0.3 is 15.6 Å². The molecular weight excluding hydrogens is 302 g/mol. The van der Waals surface area contributed by atoms with Crippen LogP contribution in [0.5, 0.6) is 0 Å². The molecule has 1 fully saturated rings. The van der Waals surface area contributed by atoms with Gasteiger partial charge in [-0.3, -0.25) is 9.59 Å². The predicted molar refractivity (Wildman–Crippen MR) is 98.0 cm³/mol. The topological polar surface area (TPSA) is 74.0 Å². The first-order valence-corrected chi connectivity index (χ1v) is 8.56. The maximum absolute atomic E-state index is 12.0. The van der Waals surface area contributed by atoms with Crippen LogP contribution in [-0.4, -0.2) is 11.0 Å². The van der Waals surface area contributed by atoms with Crippen molar-refractivity contribution in [2.75, 3.05) is 10.6 Å². The SMILES string of the molecule is CC1CCC(Nc2c(Nc3c[nH]c4ccccc34)c(=O)c2=O)CC1. The van der Waals surface area contributed by atoms with Crippen LogP contribution in [0.15, 0.2) is 40.1 Å².